The lowest BCUT2D eigenvalue weighted by Gasteiger charge is -2.10. The minimum absolute atomic E-state index is 0.403. The molecule has 1 aromatic rings. The fourth-order valence-corrected chi connectivity index (χ4v) is 1.60. The summed E-state index contributed by atoms with van der Waals surface area (Å²) >= 11 is 4.99. The van der Waals surface area contributed by atoms with Gasteiger partial charge in [-0.1, -0.05) is 18.7 Å². The molecule has 1 N–H and O–H groups in total. The van der Waals surface area contributed by atoms with Crippen molar-refractivity contribution in [3.8, 4) is 5.75 Å². The normalized spacial score (nSPS) is 10.3. The smallest absolute Gasteiger partial charge is 0.121 e. The standard InChI is InChI=1S/C10H13OS/c1-6-4-9(5-12)7(2)8(3)10(6)11/h4,11H,5H2,1-3H3. The van der Waals surface area contributed by atoms with Crippen LogP contribution in [0.15, 0.2) is 6.07 Å². The third-order valence-corrected chi connectivity index (χ3v) is 2.63. The zero-order valence-corrected chi connectivity index (χ0v) is 8.46. The highest BCUT2D eigenvalue weighted by molar-refractivity contribution is 7.79. The number of aromatic hydroxyl groups is 1. The molecule has 65 valence electrons. The first kappa shape index (κ1) is 9.46. The average Bonchev–Trinajstić information content (AvgIpc) is 2.08. The summed E-state index contributed by atoms with van der Waals surface area (Å²) in [7, 11) is 0. The summed E-state index contributed by atoms with van der Waals surface area (Å²) in [6, 6.07) is 1.96. The van der Waals surface area contributed by atoms with E-state index in [2.05, 4.69) is 0 Å². The molecule has 0 aliphatic carbocycles. The van der Waals surface area contributed by atoms with Gasteiger partial charge in [-0.3, -0.25) is 0 Å². The molecule has 0 heterocycles. The molecule has 0 fully saturated rings. The number of hydrogen-bond acceptors (Lipinski definition) is 1. The predicted molar refractivity (Wildman–Crippen MR) is 53.6 cm³/mol. The van der Waals surface area contributed by atoms with Crippen molar-refractivity contribution in [3.63, 3.8) is 0 Å². The largest absolute Gasteiger partial charge is 0.507 e. The van der Waals surface area contributed by atoms with E-state index in [1.54, 1.807) is 0 Å². The molecule has 0 unspecified atom stereocenters. The van der Waals surface area contributed by atoms with Crippen molar-refractivity contribution in [2.75, 3.05) is 0 Å². The second kappa shape index (κ2) is 3.40. The Labute approximate surface area is 78.8 Å². The van der Waals surface area contributed by atoms with Crippen LogP contribution in [0.1, 0.15) is 22.3 Å². The van der Waals surface area contributed by atoms with Crippen LogP contribution >= 0.6 is 12.6 Å². The van der Waals surface area contributed by atoms with Crippen LogP contribution in [0, 0.1) is 20.8 Å². The zero-order chi connectivity index (χ0) is 9.30. The van der Waals surface area contributed by atoms with E-state index in [-0.39, 0.29) is 0 Å². The van der Waals surface area contributed by atoms with Crippen LogP contribution in [-0.2, 0) is 5.75 Å². The Morgan fingerprint density at radius 2 is 1.83 bits per heavy atom. The molecule has 1 rings (SSSR count). The van der Waals surface area contributed by atoms with Gasteiger partial charge in [0.25, 0.3) is 0 Å². The predicted octanol–water partition coefficient (Wildman–Crippen LogP) is 3.01. The second-order valence-electron chi connectivity index (χ2n) is 3.10. The van der Waals surface area contributed by atoms with Gasteiger partial charge in [0.15, 0.2) is 0 Å². The van der Waals surface area contributed by atoms with Crippen LogP contribution in [0.2, 0.25) is 0 Å². The monoisotopic (exact) mass is 181 g/mol. The van der Waals surface area contributed by atoms with E-state index in [4.69, 9.17) is 12.6 Å². The maximum atomic E-state index is 9.57. The number of phenolic OH excluding ortho intramolecular Hbond substituents is 1. The Morgan fingerprint density at radius 1 is 1.25 bits per heavy atom. The van der Waals surface area contributed by atoms with Crippen molar-refractivity contribution in [1.82, 2.24) is 0 Å². The highest BCUT2D eigenvalue weighted by Gasteiger charge is 2.07. The van der Waals surface area contributed by atoms with Crippen molar-refractivity contribution < 1.29 is 5.11 Å². The van der Waals surface area contributed by atoms with Crippen LogP contribution in [0.25, 0.3) is 0 Å². The van der Waals surface area contributed by atoms with E-state index in [1.165, 1.54) is 0 Å². The Hall–Kier alpha value is -0.630. The average molecular weight is 181 g/mol. The van der Waals surface area contributed by atoms with Gasteiger partial charge in [-0.15, -0.1) is 0 Å². The van der Waals surface area contributed by atoms with Gasteiger partial charge in [0.2, 0.25) is 0 Å². The first-order valence-electron chi connectivity index (χ1n) is 3.94. The first-order chi connectivity index (χ1) is 5.57. The number of aryl methyl sites for hydroxylation is 1. The molecule has 2 heteroatoms. The fraction of sp³-hybridized carbons (Fsp3) is 0.400. The fourth-order valence-electron chi connectivity index (χ4n) is 1.30. The van der Waals surface area contributed by atoms with E-state index in [0.717, 1.165) is 22.3 Å². The topological polar surface area (TPSA) is 20.2 Å². The maximum absolute atomic E-state index is 9.57. The van der Waals surface area contributed by atoms with Crippen LogP contribution in [0.5, 0.6) is 5.75 Å². The molecule has 0 aliphatic rings. The van der Waals surface area contributed by atoms with Gasteiger partial charge in [-0.05, 0) is 43.0 Å². The summed E-state index contributed by atoms with van der Waals surface area (Å²) in [5.74, 6) is 1.02. The minimum atomic E-state index is 0.403. The Kier molecular flexibility index (Phi) is 2.68. The van der Waals surface area contributed by atoms with Crippen molar-refractivity contribution in [2.24, 2.45) is 0 Å². The van der Waals surface area contributed by atoms with Gasteiger partial charge in [0.1, 0.15) is 5.75 Å². The summed E-state index contributed by atoms with van der Waals surface area (Å²) in [4.78, 5) is 0. The lowest BCUT2D eigenvalue weighted by molar-refractivity contribution is 0.466. The summed E-state index contributed by atoms with van der Waals surface area (Å²) in [6.07, 6.45) is 0. The molecule has 0 spiro atoms. The van der Waals surface area contributed by atoms with Gasteiger partial charge in [-0.25, -0.2) is 0 Å². The summed E-state index contributed by atoms with van der Waals surface area (Å²) in [5.41, 5.74) is 4.14. The molecule has 1 aromatic carbocycles. The maximum Gasteiger partial charge on any atom is 0.121 e. The molecule has 0 atom stereocenters. The lowest BCUT2D eigenvalue weighted by atomic mass is 10.00. The van der Waals surface area contributed by atoms with Gasteiger partial charge in [0.05, 0.1) is 0 Å². The highest BCUT2D eigenvalue weighted by atomic mass is 32.1. The van der Waals surface area contributed by atoms with E-state index in [9.17, 15) is 5.11 Å². The quantitative estimate of drug-likeness (QED) is 0.706. The molecular weight excluding hydrogens is 168 g/mol. The summed E-state index contributed by atoms with van der Waals surface area (Å²) < 4.78 is 0. The third-order valence-electron chi connectivity index (χ3n) is 2.32. The number of phenols is 1. The highest BCUT2D eigenvalue weighted by Crippen LogP contribution is 2.27. The van der Waals surface area contributed by atoms with Crippen LogP contribution in [0.4, 0.5) is 0 Å². The Balaban J connectivity index is 3.39. The number of benzene rings is 1. The van der Waals surface area contributed by atoms with Crippen molar-refractivity contribution in [3.05, 3.63) is 28.3 Å². The van der Waals surface area contributed by atoms with Crippen LogP contribution in [0.3, 0.4) is 0 Å². The van der Waals surface area contributed by atoms with Crippen molar-refractivity contribution in [2.45, 2.75) is 26.5 Å². The minimum Gasteiger partial charge on any atom is -0.507 e. The summed E-state index contributed by atoms with van der Waals surface area (Å²) in [5, 5.41) is 9.57. The van der Waals surface area contributed by atoms with Gasteiger partial charge < -0.3 is 5.11 Å². The molecule has 12 heavy (non-hydrogen) atoms. The zero-order valence-electron chi connectivity index (χ0n) is 7.64. The molecule has 0 aromatic heterocycles. The first-order valence-corrected chi connectivity index (χ1v) is 4.52. The summed E-state index contributed by atoms with van der Waals surface area (Å²) in [6.45, 7) is 5.82. The van der Waals surface area contributed by atoms with Gasteiger partial charge >= 0.3 is 0 Å². The lowest BCUT2D eigenvalue weighted by Crippen LogP contribution is -1.92. The number of hydrogen-bond donors (Lipinski definition) is 1. The Bertz CT molecular complexity index is 305. The molecule has 0 amide bonds. The molecule has 0 bridgehead atoms. The Morgan fingerprint density at radius 3 is 2.33 bits per heavy atom. The van der Waals surface area contributed by atoms with Crippen molar-refractivity contribution in [1.29, 1.82) is 0 Å². The van der Waals surface area contributed by atoms with Gasteiger partial charge in [-0.2, -0.15) is 0 Å². The van der Waals surface area contributed by atoms with E-state index in [0.29, 0.717) is 11.5 Å². The molecule has 0 saturated heterocycles. The van der Waals surface area contributed by atoms with Crippen molar-refractivity contribution >= 4 is 12.6 Å². The molecular formula is C10H13OS. The number of rotatable bonds is 1. The van der Waals surface area contributed by atoms with Gasteiger partial charge in [0, 0.05) is 5.75 Å². The molecule has 1 radical (unpaired) electrons. The molecule has 0 saturated carbocycles. The second-order valence-corrected chi connectivity index (χ2v) is 3.38. The molecule has 0 aliphatic heterocycles. The van der Waals surface area contributed by atoms with E-state index >= 15 is 0 Å². The van der Waals surface area contributed by atoms with E-state index in [1.807, 2.05) is 26.8 Å². The third kappa shape index (κ3) is 1.44. The van der Waals surface area contributed by atoms with E-state index < -0.39 is 0 Å². The molecule has 1 nitrogen and oxygen atoms in total. The van der Waals surface area contributed by atoms with Crippen LogP contribution < -0.4 is 0 Å². The SMILES string of the molecule is Cc1cc(C[S])c(C)c(C)c1O. The van der Waals surface area contributed by atoms with Crippen LogP contribution in [-0.4, -0.2) is 5.11 Å².